The molecule has 1 atom stereocenters. The van der Waals surface area contributed by atoms with Gasteiger partial charge in [0.2, 0.25) is 5.91 Å². The summed E-state index contributed by atoms with van der Waals surface area (Å²) in [6.45, 7) is 9.94. The van der Waals surface area contributed by atoms with Crippen LogP contribution in [0.1, 0.15) is 39.7 Å². The lowest BCUT2D eigenvalue weighted by molar-refractivity contribution is -0.131. The molecule has 0 saturated heterocycles. The van der Waals surface area contributed by atoms with E-state index in [0.29, 0.717) is 54.3 Å². The van der Waals surface area contributed by atoms with Crippen molar-refractivity contribution in [3.8, 4) is 0 Å². The second-order valence-corrected chi connectivity index (χ2v) is 11.3. The number of anilines is 1. The van der Waals surface area contributed by atoms with E-state index in [2.05, 4.69) is 15.6 Å². The first kappa shape index (κ1) is 31.5. The van der Waals surface area contributed by atoms with Crippen molar-refractivity contribution < 1.29 is 18.0 Å². The Kier molecular flexibility index (Phi) is 12.4. The van der Waals surface area contributed by atoms with Crippen LogP contribution in [0.3, 0.4) is 0 Å². The maximum Gasteiger partial charge on any atom is 0.256 e. The molecule has 1 aromatic carbocycles. The van der Waals surface area contributed by atoms with Crippen molar-refractivity contribution in [3.63, 3.8) is 0 Å². The molecule has 1 aromatic rings. The predicted octanol–water partition coefficient (Wildman–Crippen LogP) is 4.09. The van der Waals surface area contributed by atoms with Crippen LogP contribution in [-0.2, 0) is 19.4 Å². The van der Waals surface area contributed by atoms with Crippen molar-refractivity contribution >= 4 is 50.2 Å². The molecule has 10 heteroatoms. The molecule has 0 radical (unpaired) electrons. The Morgan fingerprint density at radius 2 is 2.03 bits per heavy atom. The Hall–Kier alpha value is -2.75. The number of carbonyl (C=O) groups excluding carboxylic acids is 2. The Bertz CT molecular complexity index is 1240. The van der Waals surface area contributed by atoms with Gasteiger partial charge in [0.15, 0.2) is 9.84 Å². The molecule has 0 saturated carbocycles. The van der Waals surface area contributed by atoms with Crippen LogP contribution < -0.4 is 10.6 Å². The average Bonchev–Trinajstić information content (AvgIpc) is 3.20. The Morgan fingerprint density at radius 3 is 2.63 bits per heavy atom. The van der Waals surface area contributed by atoms with Crippen molar-refractivity contribution in [1.29, 1.82) is 0 Å². The molecule has 2 N–H and O–H groups in total. The second kappa shape index (κ2) is 15.0. The molecule has 0 spiro atoms. The Balaban J connectivity index is 2.38. The highest BCUT2D eigenvalue weighted by atomic mass is 35.5. The van der Waals surface area contributed by atoms with Gasteiger partial charge in [-0.05, 0) is 57.7 Å². The van der Waals surface area contributed by atoms with Crippen molar-refractivity contribution in [2.75, 3.05) is 50.2 Å². The van der Waals surface area contributed by atoms with Crippen molar-refractivity contribution in [2.24, 2.45) is 10.9 Å². The summed E-state index contributed by atoms with van der Waals surface area (Å²) in [5, 5.41) is 5.87. The summed E-state index contributed by atoms with van der Waals surface area (Å²) in [6, 6.07) is 4.64. The number of hydrogen-bond acceptors (Lipinski definition) is 6. The highest BCUT2D eigenvalue weighted by Crippen LogP contribution is 2.34. The summed E-state index contributed by atoms with van der Waals surface area (Å²) >= 11 is 5.70. The number of likely N-dealkylation sites (N-methyl/N-ethyl adjacent to an activating group) is 2. The van der Waals surface area contributed by atoms with Gasteiger partial charge in [0.1, 0.15) is 0 Å². The number of rotatable bonds is 14. The highest BCUT2D eigenvalue weighted by molar-refractivity contribution is 7.91. The zero-order valence-corrected chi connectivity index (χ0v) is 24.5. The van der Waals surface area contributed by atoms with Gasteiger partial charge >= 0.3 is 0 Å². The monoisotopic (exact) mass is 562 g/mol. The maximum absolute atomic E-state index is 13.2. The van der Waals surface area contributed by atoms with Crippen LogP contribution in [0.15, 0.2) is 58.0 Å². The molecule has 2 amide bonds. The molecule has 0 aliphatic carbocycles. The first-order valence-electron chi connectivity index (χ1n) is 12.9. The van der Waals surface area contributed by atoms with E-state index in [-0.39, 0.29) is 40.7 Å². The number of halogens is 1. The third kappa shape index (κ3) is 8.38. The molecule has 0 aromatic heterocycles. The fourth-order valence-electron chi connectivity index (χ4n) is 4.11. The summed E-state index contributed by atoms with van der Waals surface area (Å²) in [7, 11) is -1.82. The standard InChI is InChI=1S/C28H39ClN4O4S/c1-6-21(10-9-13-29)19-38(36,37)22-11-12-25-23(17-22)24(28(35)32-25)18-26(31-7-2)20(4)16-27(34)33(8-3)15-14-30-5/h6,9-12,17-18,20,30H,7-8,13-16,19H2,1-5H3,(H,32,35). The van der Waals surface area contributed by atoms with Gasteiger partial charge in [0, 0.05) is 61.4 Å². The number of benzene rings is 1. The first-order chi connectivity index (χ1) is 18.1. The van der Waals surface area contributed by atoms with E-state index < -0.39 is 9.84 Å². The summed E-state index contributed by atoms with van der Waals surface area (Å²) in [6.07, 6.45) is 7.07. The summed E-state index contributed by atoms with van der Waals surface area (Å²) < 4.78 is 26.3. The third-order valence-corrected chi connectivity index (χ3v) is 8.13. The SMILES string of the molecule is CC=C(C=CCCl)CS(=O)(=O)c1ccc2c(c1)C(=CC(=NCC)C(C)CC(=O)N(CC)CCNC)C(=O)N2. The van der Waals surface area contributed by atoms with Crippen molar-refractivity contribution in [2.45, 2.75) is 39.0 Å². The molecule has 1 heterocycles. The molecular formula is C28H39ClN4O4S. The molecule has 1 aliphatic rings. The maximum atomic E-state index is 13.2. The summed E-state index contributed by atoms with van der Waals surface area (Å²) in [4.78, 5) is 32.3. The normalized spacial score (nSPS) is 16.2. The van der Waals surface area contributed by atoms with E-state index in [9.17, 15) is 18.0 Å². The van der Waals surface area contributed by atoms with E-state index in [1.165, 1.54) is 12.1 Å². The number of nitrogens with zero attached hydrogens (tertiary/aromatic N) is 2. The van der Waals surface area contributed by atoms with Crippen LogP contribution in [-0.4, -0.2) is 75.7 Å². The zero-order valence-electron chi connectivity index (χ0n) is 22.9. The average molecular weight is 563 g/mol. The summed E-state index contributed by atoms with van der Waals surface area (Å²) in [5.74, 6) is -0.436. The summed E-state index contributed by atoms with van der Waals surface area (Å²) in [5.41, 5.74) is 2.62. The van der Waals surface area contributed by atoms with E-state index in [1.807, 2.05) is 27.8 Å². The van der Waals surface area contributed by atoms with E-state index in [4.69, 9.17) is 11.6 Å². The quantitative estimate of drug-likeness (QED) is 0.154. The molecule has 8 nitrogen and oxygen atoms in total. The van der Waals surface area contributed by atoms with Crippen LogP contribution in [0.2, 0.25) is 0 Å². The smallest absolute Gasteiger partial charge is 0.256 e. The first-order valence-corrected chi connectivity index (χ1v) is 15.0. The number of nitrogens with one attached hydrogen (secondary N) is 2. The molecule has 208 valence electrons. The van der Waals surface area contributed by atoms with Gasteiger partial charge in [-0.25, -0.2) is 8.42 Å². The number of hydrogen-bond donors (Lipinski definition) is 2. The number of fused-ring (bicyclic) bond motifs is 1. The number of carbonyl (C=O) groups is 2. The topological polar surface area (TPSA) is 108 Å². The lowest BCUT2D eigenvalue weighted by atomic mass is 9.96. The van der Waals surface area contributed by atoms with Crippen LogP contribution in [0.4, 0.5) is 5.69 Å². The van der Waals surface area contributed by atoms with Gasteiger partial charge in [-0.2, -0.15) is 0 Å². The molecule has 0 bridgehead atoms. The largest absolute Gasteiger partial charge is 0.342 e. The van der Waals surface area contributed by atoms with Crippen LogP contribution in [0, 0.1) is 5.92 Å². The van der Waals surface area contributed by atoms with Gasteiger partial charge < -0.3 is 15.5 Å². The highest BCUT2D eigenvalue weighted by Gasteiger charge is 2.28. The minimum Gasteiger partial charge on any atom is -0.342 e. The van der Waals surface area contributed by atoms with E-state index >= 15 is 0 Å². The predicted molar refractivity (Wildman–Crippen MR) is 157 cm³/mol. The molecule has 2 rings (SSSR count). The fraction of sp³-hybridized carbons (Fsp3) is 0.464. The second-order valence-electron chi connectivity index (χ2n) is 8.98. The number of aliphatic imine (C=N–C) groups is 1. The van der Waals surface area contributed by atoms with Crippen molar-refractivity contribution in [1.82, 2.24) is 10.2 Å². The number of amides is 2. The molecule has 1 aliphatic heterocycles. The fourth-order valence-corrected chi connectivity index (χ4v) is 5.64. The van der Waals surface area contributed by atoms with E-state index in [0.717, 1.165) is 0 Å². The van der Waals surface area contributed by atoms with Crippen LogP contribution >= 0.6 is 11.6 Å². The number of allylic oxidation sites excluding steroid dienone is 4. The molecule has 38 heavy (non-hydrogen) atoms. The Morgan fingerprint density at radius 1 is 1.29 bits per heavy atom. The minimum absolute atomic E-state index is 0.0186. The van der Waals surface area contributed by atoms with Gasteiger partial charge in [0.05, 0.1) is 16.2 Å². The van der Waals surface area contributed by atoms with Crippen LogP contribution in [0.5, 0.6) is 0 Å². The molecule has 0 fully saturated rings. The third-order valence-electron chi connectivity index (χ3n) is 6.27. The minimum atomic E-state index is -3.67. The number of alkyl halides is 1. The van der Waals surface area contributed by atoms with E-state index in [1.54, 1.807) is 42.2 Å². The van der Waals surface area contributed by atoms with Crippen molar-refractivity contribution in [3.05, 3.63) is 53.6 Å². The lowest BCUT2D eigenvalue weighted by Crippen LogP contribution is -2.37. The van der Waals surface area contributed by atoms with Crippen LogP contribution in [0.25, 0.3) is 5.57 Å². The molecular weight excluding hydrogens is 524 g/mol. The zero-order chi connectivity index (χ0) is 28.3. The molecule has 1 unspecified atom stereocenters. The van der Waals surface area contributed by atoms with Gasteiger partial charge in [-0.1, -0.05) is 25.2 Å². The number of sulfone groups is 1. The lowest BCUT2D eigenvalue weighted by Gasteiger charge is -2.23. The van der Waals surface area contributed by atoms with Gasteiger partial charge in [0.25, 0.3) is 5.91 Å². The Labute approximate surface area is 231 Å². The van der Waals surface area contributed by atoms with Gasteiger partial charge in [-0.3, -0.25) is 14.6 Å². The van der Waals surface area contributed by atoms with Gasteiger partial charge in [-0.15, -0.1) is 11.6 Å².